The second-order valence-electron chi connectivity index (χ2n) is 8.35. The van der Waals surface area contributed by atoms with E-state index in [0.717, 1.165) is 11.1 Å². The normalized spacial score (nSPS) is 18.1. The molecule has 1 atom stereocenters. The number of aliphatic hydroxyl groups excluding tert-OH is 1. The smallest absolute Gasteiger partial charge is 0.295 e. The summed E-state index contributed by atoms with van der Waals surface area (Å²) in [7, 11) is 1.58. The number of benzene rings is 1. The van der Waals surface area contributed by atoms with Crippen LogP contribution in [0, 0.1) is 20.8 Å². The molecule has 1 fully saturated rings. The fraction of sp³-hybridized carbons (Fsp3) is 0.440. The molecule has 1 aliphatic heterocycles. The van der Waals surface area contributed by atoms with Crippen LogP contribution in [-0.4, -0.2) is 48.1 Å². The van der Waals surface area contributed by atoms with Gasteiger partial charge in [-0.3, -0.25) is 9.59 Å². The number of carbonyl (C=O) groups excluding carboxylic acids is 2. The molecule has 7 heteroatoms. The number of hydrogen-bond donors (Lipinski definition) is 1. The van der Waals surface area contributed by atoms with Gasteiger partial charge in [-0.2, -0.15) is 0 Å². The van der Waals surface area contributed by atoms with Crippen LogP contribution >= 0.6 is 0 Å². The first kappa shape index (κ1) is 23.6. The minimum Gasteiger partial charge on any atom is -0.507 e. The molecule has 7 nitrogen and oxygen atoms in total. The topological polar surface area (TPSA) is 89.2 Å². The number of aryl methyl sites for hydroxylation is 3. The minimum atomic E-state index is -0.801. The van der Waals surface area contributed by atoms with Crippen LogP contribution in [0.15, 0.2) is 34.3 Å². The van der Waals surface area contributed by atoms with Crippen molar-refractivity contribution in [3.8, 4) is 5.75 Å². The highest BCUT2D eigenvalue weighted by atomic mass is 16.5. The number of ether oxygens (including phenoxy) is 2. The third-order valence-corrected chi connectivity index (χ3v) is 5.56. The molecule has 0 bridgehead atoms. The van der Waals surface area contributed by atoms with E-state index < -0.39 is 17.7 Å². The number of aliphatic hydroxyl groups is 1. The molecule has 0 spiro atoms. The highest BCUT2D eigenvalue weighted by Gasteiger charge is 2.47. The lowest BCUT2D eigenvalue weighted by molar-refractivity contribution is -0.140. The van der Waals surface area contributed by atoms with Gasteiger partial charge in [0, 0.05) is 18.7 Å². The number of furan rings is 1. The summed E-state index contributed by atoms with van der Waals surface area (Å²) >= 11 is 0. The number of nitrogens with zero attached hydrogens (tertiary/aromatic N) is 1. The Morgan fingerprint density at radius 1 is 1.16 bits per heavy atom. The Bertz CT molecular complexity index is 1050. The molecule has 1 unspecified atom stereocenters. The van der Waals surface area contributed by atoms with Crippen molar-refractivity contribution in [3.63, 3.8) is 0 Å². The molecule has 1 amide bonds. The summed E-state index contributed by atoms with van der Waals surface area (Å²) in [5, 5.41) is 11.3. The first-order chi connectivity index (χ1) is 15.1. The maximum absolute atomic E-state index is 13.1. The van der Waals surface area contributed by atoms with Crippen LogP contribution in [-0.2, 0) is 14.3 Å². The molecule has 172 valence electrons. The van der Waals surface area contributed by atoms with E-state index in [1.807, 2.05) is 27.7 Å². The van der Waals surface area contributed by atoms with Crippen LogP contribution < -0.4 is 4.74 Å². The predicted octanol–water partition coefficient (Wildman–Crippen LogP) is 4.45. The summed E-state index contributed by atoms with van der Waals surface area (Å²) in [6.45, 7) is 10.1. The minimum absolute atomic E-state index is 0.0294. The Kier molecular flexibility index (Phi) is 7.09. The third-order valence-electron chi connectivity index (χ3n) is 5.56. The Hall–Kier alpha value is -3.06. The third kappa shape index (κ3) is 4.58. The van der Waals surface area contributed by atoms with Gasteiger partial charge < -0.3 is 23.9 Å². The van der Waals surface area contributed by atoms with E-state index in [1.165, 1.54) is 4.90 Å². The van der Waals surface area contributed by atoms with E-state index in [0.29, 0.717) is 42.4 Å². The number of ketones is 1. The molecule has 0 radical (unpaired) electrons. The van der Waals surface area contributed by atoms with Crippen molar-refractivity contribution in [1.82, 2.24) is 4.90 Å². The molecule has 32 heavy (non-hydrogen) atoms. The zero-order chi connectivity index (χ0) is 23.6. The first-order valence-corrected chi connectivity index (χ1v) is 10.8. The highest BCUT2D eigenvalue weighted by molar-refractivity contribution is 6.46. The van der Waals surface area contributed by atoms with Gasteiger partial charge in [-0.25, -0.2) is 0 Å². The molecule has 2 aromatic rings. The lowest BCUT2D eigenvalue weighted by Crippen LogP contribution is -2.31. The van der Waals surface area contributed by atoms with Gasteiger partial charge in [0.25, 0.3) is 11.7 Å². The van der Waals surface area contributed by atoms with Gasteiger partial charge in [0.15, 0.2) is 0 Å². The van der Waals surface area contributed by atoms with Gasteiger partial charge in [-0.1, -0.05) is 0 Å². The fourth-order valence-electron chi connectivity index (χ4n) is 3.97. The molecule has 2 heterocycles. The second kappa shape index (κ2) is 9.61. The van der Waals surface area contributed by atoms with E-state index in [1.54, 1.807) is 38.3 Å². The molecule has 1 N–H and O–H groups in total. The number of methoxy groups -OCH3 is 1. The van der Waals surface area contributed by atoms with Crippen molar-refractivity contribution in [3.05, 3.63) is 58.0 Å². The number of amides is 1. The average Bonchev–Trinajstić information content (AvgIpc) is 3.27. The molecule has 1 aliphatic rings. The van der Waals surface area contributed by atoms with E-state index in [4.69, 9.17) is 13.9 Å². The van der Waals surface area contributed by atoms with Gasteiger partial charge in [-0.15, -0.1) is 0 Å². The number of hydrogen-bond acceptors (Lipinski definition) is 6. The molecule has 1 saturated heterocycles. The highest BCUT2D eigenvalue weighted by Crippen LogP contribution is 2.41. The van der Waals surface area contributed by atoms with Crippen LogP contribution in [0.5, 0.6) is 5.75 Å². The van der Waals surface area contributed by atoms with Gasteiger partial charge >= 0.3 is 0 Å². The standard InChI is InChI=1S/C25H31NO6/c1-14(2)31-11-7-10-26-22(19-9-8-17(5)32-19)21(24(28)25(26)29)23(27)18-12-16(4)20(30-6)13-15(18)3/h8-9,12-14,22,27H,7,10-11H2,1-6H3/b23-21+. The van der Waals surface area contributed by atoms with Gasteiger partial charge in [0.05, 0.1) is 18.8 Å². The number of carbonyl (C=O) groups is 2. The summed E-state index contributed by atoms with van der Waals surface area (Å²) in [6, 6.07) is 6.28. The predicted molar refractivity (Wildman–Crippen MR) is 121 cm³/mol. The van der Waals surface area contributed by atoms with E-state index >= 15 is 0 Å². The Labute approximate surface area is 188 Å². The maximum atomic E-state index is 13.1. The van der Waals surface area contributed by atoms with Crippen molar-refractivity contribution in [2.75, 3.05) is 20.3 Å². The molecule has 3 rings (SSSR count). The summed E-state index contributed by atoms with van der Waals surface area (Å²) in [5.41, 5.74) is 2.06. The number of likely N-dealkylation sites (tertiary alicyclic amines) is 1. The summed E-state index contributed by atoms with van der Waals surface area (Å²) in [6.07, 6.45) is 0.637. The van der Waals surface area contributed by atoms with E-state index in [2.05, 4.69) is 0 Å². The fourth-order valence-corrected chi connectivity index (χ4v) is 3.97. The average molecular weight is 442 g/mol. The van der Waals surface area contributed by atoms with Crippen LogP contribution in [0.2, 0.25) is 0 Å². The zero-order valence-electron chi connectivity index (χ0n) is 19.5. The maximum Gasteiger partial charge on any atom is 0.295 e. The van der Waals surface area contributed by atoms with Crippen molar-refractivity contribution in [2.45, 2.75) is 53.2 Å². The molecule has 1 aromatic carbocycles. The summed E-state index contributed by atoms with van der Waals surface area (Å²) < 4.78 is 16.7. The van der Waals surface area contributed by atoms with Crippen LogP contribution in [0.4, 0.5) is 0 Å². The van der Waals surface area contributed by atoms with Crippen molar-refractivity contribution < 1.29 is 28.6 Å². The van der Waals surface area contributed by atoms with Gasteiger partial charge in [0.1, 0.15) is 29.1 Å². The number of rotatable bonds is 8. The summed E-state index contributed by atoms with van der Waals surface area (Å²) in [5.74, 6) is 0.188. The van der Waals surface area contributed by atoms with Crippen molar-refractivity contribution in [2.24, 2.45) is 0 Å². The Morgan fingerprint density at radius 2 is 1.88 bits per heavy atom. The Morgan fingerprint density at radius 3 is 2.47 bits per heavy atom. The SMILES string of the molecule is COc1cc(C)c(/C(O)=C2\C(=O)C(=O)N(CCCOC(C)C)C2c2ccc(C)o2)cc1C. The number of Topliss-reactive ketones (excluding diaryl/α,β-unsaturated/α-hetero) is 1. The lowest BCUT2D eigenvalue weighted by atomic mass is 9.95. The van der Waals surface area contributed by atoms with Gasteiger partial charge in [0.2, 0.25) is 0 Å². The lowest BCUT2D eigenvalue weighted by Gasteiger charge is -2.23. The van der Waals surface area contributed by atoms with Gasteiger partial charge in [-0.05, 0) is 76.4 Å². The largest absolute Gasteiger partial charge is 0.507 e. The van der Waals surface area contributed by atoms with Crippen molar-refractivity contribution in [1.29, 1.82) is 0 Å². The van der Waals surface area contributed by atoms with E-state index in [9.17, 15) is 14.7 Å². The van der Waals surface area contributed by atoms with Crippen LogP contribution in [0.25, 0.3) is 5.76 Å². The second-order valence-corrected chi connectivity index (χ2v) is 8.35. The molecule has 0 aliphatic carbocycles. The van der Waals surface area contributed by atoms with Crippen LogP contribution in [0.3, 0.4) is 0 Å². The molecule has 0 saturated carbocycles. The summed E-state index contributed by atoms with van der Waals surface area (Å²) in [4.78, 5) is 27.5. The monoisotopic (exact) mass is 441 g/mol. The zero-order valence-corrected chi connectivity index (χ0v) is 19.5. The molecular formula is C25H31NO6. The van der Waals surface area contributed by atoms with E-state index in [-0.39, 0.29) is 17.4 Å². The van der Waals surface area contributed by atoms with Crippen LogP contribution in [0.1, 0.15) is 54.5 Å². The quantitative estimate of drug-likeness (QED) is 0.282. The molecule has 1 aromatic heterocycles. The Balaban J connectivity index is 2.07. The first-order valence-electron chi connectivity index (χ1n) is 10.8. The molecular weight excluding hydrogens is 410 g/mol. The van der Waals surface area contributed by atoms with Crippen molar-refractivity contribution >= 4 is 17.4 Å².